The van der Waals surface area contributed by atoms with Crippen LogP contribution in [0.3, 0.4) is 0 Å². The molecule has 0 aliphatic rings. The van der Waals surface area contributed by atoms with Crippen LogP contribution in [-0.2, 0) is 7.05 Å². The molecule has 1 aromatic heterocycles. The number of aromatic nitrogens is 2. The van der Waals surface area contributed by atoms with Crippen molar-refractivity contribution in [1.82, 2.24) is 9.78 Å². The third kappa shape index (κ3) is 2.59. The zero-order valence-electron chi connectivity index (χ0n) is 9.87. The molecule has 1 aromatic carbocycles. The van der Waals surface area contributed by atoms with Crippen LogP contribution in [0.1, 0.15) is 16.1 Å². The summed E-state index contributed by atoms with van der Waals surface area (Å²) in [7, 11) is 1.73. The number of anilines is 1. The number of nitrogens with zero attached hydrogens (tertiary/aromatic N) is 2. The molecular formula is C12H11BrFN3O. The maximum Gasteiger partial charge on any atom is 0.256 e. The average Bonchev–Trinajstić information content (AvgIpc) is 2.61. The standard InChI is InChI=1S/C12H11BrFN3O/c1-7-5-11(17(2)16-7)15-12(18)8-3-4-9(13)10(14)6-8/h3-6H,1-2H3,(H,15,18). The van der Waals surface area contributed by atoms with Gasteiger partial charge in [0.25, 0.3) is 5.91 Å². The summed E-state index contributed by atoms with van der Waals surface area (Å²) in [6.45, 7) is 1.83. The normalized spacial score (nSPS) is 10.4. The highest BCUT2D eigenvalue weighted by molar-refractivity contribution is 9.10. The highest BCUT2D eigenvalue weighted by atomic mass is 79.9. The largest absolute Gasteiger partial charge is 0.307 e. The molecule has 0 fully saturated rings. The lowest BCUT2D eigenvalue weighted by Gasteiger charge is -2.05. The minimum absolute atomic E-state index is 0.259. The lowest BCUT2D eigenvalue weighted by molar-refractivity contribution is 0.102. The second-order valence-corrected chi connectivity index (χ2v) is 4.73. The third-order valence-corrected chi connectivity index (χ3v) is 3.07. The van der Waals surface area contributed by atoms with Crippen LogP contribution < -0.4 is 5.32 Å². The Kier molecular flexibility index (Phi) is 3.47. The molecule has 0 saturated carbocycles. The number of carbonyl (C=O) groups is 1. The molecule has 6 heteroatoms. The van der Waals surface area contributed by atoms with Crippen LogP contribution in [0.2, 0.25) is 0 Å². The lowest BCUT2D eigenvalue weighted by Crippen LogP contribution is -2.14. The maximum absolute atomic E-state index is 13.3. The molecular weight excluding hydrogens is 301 g/mol. The van der Waals surface area contributed by atoms with Crippen molar-refractivity contribution in [3.8, 4) is 0 Å². The molecule has 2 aromatic rings. The van der Waals surface area contributed by atoms with Gasteiger partial charge in [-0.2, -0.15) is 5.10 Å². The summed E-state index contributed by atoms with van der Waals surface area (Å²) in [4.78, 5) is 11.9. The Morgan fingerprint density at radius 2 is 2.17 bits per heavy atom. The molecule has 0 unspecified atom stereocenters. The Hall–Kier alpha value is -1.69. The van der Waals surface area contributed by atoms with E-state index in [9.17, 15) is 9.18 Å². The minimum Gasteiger partial charge on any atom is -0.307 e. The van der Waals surface area contributed by atoms with E-state index in [1.54, 1.807) is 23.9 Å². The van der Waals surface area contributed by atoms with E-state index in [0.29, 0.717) is 10.3 Å². The Morgan fingerprint density at radius 1 is 1.44 bits per heavy atom. The first kappa shape index (κ1) is 12.8. The van der Waals surface area contributed by atoms with E-state index in [1.165, 1.54) is 12.1 Å². The Labute approximate surface area is 112 Å². The summed E-state index contributed by atoms with van der Waals surface area (Å²) in [5.41, 5.74) is 1.06. The Bertz CT molecular complexity index is 609. The monoisotopic (exact) mass is 311 g/mol. The van der Waals surface area contributed by atoms with Crippen molar-refractivity contribution in [2.45, 2.75) is 6.92 Å². The van der Waals surface area contributed by atoms with Crippen molar-refractivity contribution in [3.05, 3.63) is 45.8 Å². The molecule has 0 bridgehead atoms. The van der Waals surface area contributed by atoms with Gasteiger partial charge in [-0.05, 0) is 41.1 Å². The van der Waals surface area contributed by atoms with Crippen LogP contribution in [0, 0.1) is 12.7 Å². The Balaban J connectivity index is 2.22. The summed E-state index contributed by atoms with van der Waals surface area (Å²) in [5.74, 6) is -0.269. The highest BCUT2D eigenvalue weighted by Crippen LogP contribution is 2.17. The number of benzene rings is 1. The summed E-state index contributed by atoms with van der Waals surface area (Å²) >= 11 is 3.04. The van der Waals surface area contributed by atoms with E-state index >= 15 is 0 Å². The number of halogens is 2. The average molecular weight is 312 g/mol. The van der Waals surface area contributed by atoms with Crippen molar-refractivity contribution in [1.29, 1.82) is 0 Å². The van der Waals surface area contributed by atoms with Gasteiger partial charge in [0.15, 0.2) is 0 Å². The lowest BCUT2D eigenvalue weighted by atomic mass is 10.2. The van der Waals surface area contributed by atoms with Crippen molar-refractivity contribution < 1.29 is 9.18 Å². The smallest absolute Gasteiger partial charge is 0.256 e. The zero-order valence-corrected chi connectivity index (χ0v) is 11.5. The van der Waals surface area contributed by atoms with Gasteiger partial charge in [-0.3, -0.25) is 9.48 Å². The Morgan fingerprint density at radius 3 is 2.72 bits per heavy atom. The van der Waals surface area contributed by atoms with Crippen LogP contribution in [0.5, 0.6) is 0 Å². The van der Waals surface area contributed by atoms with Gasteiger partial charge in [0, 0.05) is 18.7 Å². The predicted octanol–water partition coefficient (Wildman–Crippen LogP) is 2.88. The van der Waals surface area contributed by atoms with Crippen LogP contribution in [0.15, 0.2) is 28.7 Å². The predicted molar refractivity (Wildman–Crippen MR) is 70.0 cm³/mol. The van der Waals surface area contributed by atoms with Crippen LogP contribution >= 0.6 is 15.9 Å². The van der Waals surface area contributed by atoms with Gasteiger partial charge in [0.05, 0.1) is 10.2 Å². The number of hydrogen-bond donors (Lipinski definition) is 1. The fraction of sp³-hybridized carbons (Fsp3) is 0.167. The summed E-state index contributed by atoms with van der Waals surface area (Å²) in [6, 6.07) is 5.97. The topological polar surface area (TPSA) is 46.9 Å². The molecule has 0 spiro atoms. The van der Waals surface area contributed by atoms with Gasteiger partial charge < -0.3 is 5.32 Å². The first-order valence-electron chi connectivity index (χ1n) is 5.24. The van der Waals surface area contributed by atoms with Crippen LogP contribution in [0.25, 0.3) is 0 Å². The van der Waals surface area contributed by atoms with E-state index in [4.69, 9.17) is 0 Å². The van der Waals surface area contributed by atoms with Gasteiger partial charge in [-0.25, -0.2) is 4.39 Å². The van der Waals surface area contributed by atoms with E-state index in [-0.39, 0.29) is 11.5 Å². The van der Waals surface area contributed by atoms with E-state index in [2.05, 4.69) is 26.3 Å². The molecule has 2 rings (SSSR count). The maximum atomic E-state index is 13.3. The van der Waals surface area contributed by atoms with Gasteiger partial charge in [-0.15, -0.1) is 0 Å². The molecule has 0 saturated heterocycles. The fourth-order valence-corrected chi connectivity index (χ4v) is 1.80. The van der Waals surface area contributed by atoms with Crippen molar-refractivity contribution >= 4 is 27.7 Å². The molecule has 0 aliphatic carbocycles. The zero-order chi connectivity index (χ0) is 13.3. The van der Waals surface area contributed by atoms with Crippen LogP contribution in [0.4, 0.5) is 10.2 Å². The molecule has 1 amide bonds. The molecule has 94 valence electrons. The molecule has 0 radical (unpaired) electrons. The third-order valence-electron chi connectivity index (χ3n) is 2.43. The first-order chi connectivity index (χ1) is 8.47. The fourth-order valence-electron chi connectivity index (χ4n) is 1.55. The first-order valence-corrected chi connectivity index (χ1v) is 6.03. The SMILES string of the molecule is Cc1cc(NC(=O)c2ccc(Br)c(F)c2)n(C)n1. The van der Waals surface area contributed by atoms with Gasteiger partial charge in [0.2, 0.25) is 0 Å². The summed E-state index contributed by atoms with van der Waals surface area (Å²) < 4.78 is 15.2. The summed E-state index contributed by atoms with van der Waals surface area (Å²) in [6.07, 6.45) is 0. The van der Waals surface area contributed by atoms with E-state index in [1.807, 2.05) is 6.92 Å². The molecule has 0 aliphatic heterocycles. The number of nitrogens with one attached hydrogen (secondary N) is 1. The van der Waals surface area contributed by atoms with Gasteiger partial charge in [0.1, 0.15) is 11.6 Å². The van der Waals surface area contributed by atoms with E-state index in [0.717, 1.165) is 5.69 Å². The number of rotatable bonds is 2. The van der Waals surface area contributed by atoms with Crippen LogP contribution in [-0.4, -0.2) is 15.7 Å². The highest BCUT2D eigenvalue weighted by Gasteiger charge is 2.11. The van der Waals surface area contributed by atoms with Gasteiger partial charge in [-0.1, -0.05) is 0 Å². The molecule has 18 heavy (non-hydrogen) atoms. The van der Waals surface area contributed by atoms with Gasteiger partial charge >= 0.3 is 0 Å². The summed E-state index contributed by atoms with van der Waals surface area (Å²) in [5, 5.41) is 6.78. The molecule has 0 atom stereocenters. The minimum atomic E-state index is -0.469. The number of amides is 1. The van der Waals surface area contributed by atoms with E-state index < -0.39 is 5.82 Å². The number of carbonyl (C=O) groups excluding carboxylic acids is 1. The molecule has 1 heterocycles. The second-order valence-electron chi connectivity index (χ2n) is 3.88. The second kappa shape index (κ2) is 4.89. The quantitative estimate of drug-likeness (QED) is 0.927. The number of aryl methyl sites for hydroxylation is 2. The number of hydrogen-bond acceptors (Lipinski definition) is 2. The van der Waals surface area contributed by atoms with Crippen molar-refractivity contribution in [2.75, 3.05) is 5.32 Å². The van der Waals surface area contributed by atoms with Crippen molar-refractivity contribution in [2.24, 2.45) is 7.05 Å². The molecule has 1 N–H and O–H groups in total. The van der Waals surface area contributed by atoms with Crippen molar-refractivity contribution in [3.63, 3.8) is 0 Å². The molecule has 4 nitrogen and oxygen atoms in total.